The van der Waals surface area contributed by atoms with E-state index < -0.39 is 5.60 Å². The van der Waals surface area contributed by atoms with Crippen molar-refractivity contribution in [3.63, 3.8) is 0 Å². The van der Waals surface area contributed by atoms with E-state index in [4.69, 9.17) is 14.2 Å². The lowest BCUT2D eigenvalue weighted by Crippen LogP contribution is -2.64. The Kier molecular flexibility index (Phi) is 4.93. The minimum atomic E-state index is -0.458. The molecule has 1 amide bonds. The van der Waals surface area contributed by atoms with Gasteiger partial charge in [0.2, 0.25) is 0 Å². The van der Waals surface area contributed by atoms with E-state index in [9.17, 15) is 4.79 Å². The Morgan fingerprint density at radius 3 is 2.12 bits per heavy atom. The van der Waals surface area contributed by atoms with Crippen molar-refractivity contribution in [2.75, 3.05) is 46.5 Å². The Bertz CT molecular complexity index is 597. The van der Waals surface area contributed by atoms with Crippen LogP contribution in [-0.4, -0.2) is 68.0 Å². The van der Waals surface area contributed by atoms with E-state index >= 15 is 0 Å². The quantitative estimate of drug-likeness (QED) is 0.840. The zero-order valence-corrected chi connectivity index (χ0v) is 15.6. The van der Waals surface area contributed by atoms with Gasteiger partial charge in [0.1, 0.15) is 11.4 Å². The summed E-state index contributed by atoms with van der Waals surface area (Å²) in [4.78, 5) is 16.5. The van der Waals surface area contributed by atoms with Crippen LogP contribution in [0.1, 0.15) is 26.3 Å². The average molecular weight is 348 g/mol. The molecule has 2 aliphatic rings. The van der Waals surface area contributed by atoms with Crippen molar-refractivity contribution >= 4 is 6.09 Å². The molecular weight excluding hydrogens is 320 g/mol. The summed E-state index contributed by atoms with van der Waals surface area (Å²) in [5.74, 6) is 0.855. The summed E-state index contributed by atoms with van der Waals surface area (Å²) >= 11 is 0. The number of carbonyl (C=O) groups excluding carboxylic acids is 1. The number of amides is 1. The van der Waals surface area contributed by atoms with Crippen molar-refractivity contribution in [1.29, 1.82) is 0 Å². The molecule has 0 spiro atoms. The number of piperazine rings is 1. The highest BCUT2D eigenvalue weighted by atomic mass is 16.6. The summed E-state index contributed by atoms with van der Waals surface area (Å²) < 4.78 is 16.3. The molecule has 0 unspecified atom stereocenters. The van der Waals surface area contributed by atoms with E-state index in [0.717, 1.165) is 18.8 Å². The molecule has 2 fully saturated rings. The molecule has 0 aromatic heterocycles. The number of methoxy groups -OCH3 is 1. The Balaban J connectivity index is 1.65. The van der Waals surface area contributed by atoms with E-state index in [1.165, 1.54) is 5.56 Å². The lowest BCUT2D eigenvalue weighted by molar-refractivity contribution is -0.155. The lowest BCUT2D eigenvalue weighted by Gasteiger charge is -2.52. The van der Waals surface area contributed by atoms with Gasteiger partial charge in [0.05, 0.1) is 25.9 Å². The first-order valence-corrected chi connectivity index (χ1v) is 8.79. The highest BCUT2D eigenvalue weighted by Crippen LogP contribution is 2.37. The summed E-state index contributed by atoms with van der Waals surface area (Å²) in [7, 11) is 1.67. The fraction of sp³-hybridized carbons (Fsp3) is 0.632. The van der Waals surface area contributed by atoms with Crippen molar-refractivity contribution in [3.8, 4) is 5.75 Å². The van der Waals surface area contributed by atoms with Gasteiger partial charge in [-0.1, -0.05) is 12.1 Å². The summed E-state index contributed by atoms with van der Waals surface area (Å²) in [6.45, 7) is 10.0. The smallest absolute Gasteiger partial charge is 0.410 e. The predicted octanol–water partition coefficient (Wildman–Crippen LogP) is 2.47. The van der Waals surface area contributed by atoms with Gasteiger partial charge < -0.3 is 19.1 Å². The van der Waals surface area contributed by atoms with Crippen LogP contribution in [-0.2, 0) is 15.0 Å². The van der Waals surface area contributed by atoms with E-state index in [1.807, 2.05) is 32.9 Å². The van der Waals surface area contributed by atoms with Gasteiger partial charge in [0, 0.05) is 26.2 Å². The van der Waals surface area contributed by atoms with Crippen LogP contribution < -0.4 is 4.74 Å². The number of rotatable bonds is 3. The maximum Gasteiger partial charge on any atom is 0.410 e. The van der Waals surface area contributed by atoms with Crippen LogP contribution in [0.4, 0.5) is 4.79 Å². The van der Waals surface area contributed by atoms with Crippen molar-refractivity contribution in [3.05, 3.63) is 29.8 Å². The molecule has 1 aromatic carbocycles. The van der Waals surface area contributed by atoms with Crippen LogP contribution in [0.15, 0.2) is 24.3 Å². The Hall–Kier alpha value is -1.79. The topological polar surface area (TPSA) is 51.2 Å². The number of nitrogens with zero attached hydrogens (tertiary/aromatic N) is 2. The Labute approximate surface area is 149 Å². The Morgan fingerprint density at radius 1 is 1.08 bits per heavy atom. The second kappa shape index (κ2) is 6.84. The Morgan fingerprint density at radius 2 is 1.68 bits per heavy atom. The fourth-order valence-corrected chi connectivity index (χ4v) is 3.37. The third kappa shape index (κ3) is 3.75. The first kappa shape index (κ1) is 18.0. The van der Waals surface area contributed by atoms with E-state index in [0.29, 0.717) is 26.3 Å². The molecule has 0 bridgehead atoms. The molecule has 3 rings (SSSR count). The van der Waals surface area contributed by atoms with Gasteiger partial charge in [-0.15, -0.1) is 0 Å². The zero-order valence-electron chi connectivity index (χ0n) is 15.6. The SMILES string of the molecule is COc1ccc(C2(N3CCN(C(=O)OC(C)(C)C)CC3)COC2)cc1. The molecule has 0 radical (unpaired) electrons. The second-order valence-electron chi connectivity index (χ2n) is 7.71. The van der Waals surface area contributed by atoms with Gasteiger partial charge in [-0.05, 0) is 38.5 Å². The first-order chi connectivity index (χ1) is 11.8. The molecule has 2 aliphatic heterocycles. The molecule has 6 nitrogen and oxygen atoms in total. The maximum atomic E-state index is 12.2. The molecule has 0 N–H and O–H groups in total. The van der Waals surface area contributed by atoms with Gasteiger partial charge in [0.25, 0.3) is 0 Å². The molecular formula is C19H28N2O4. The van der Waals surface area contributed by atoms with E-state index in [-0.39, 0.29) is 11.6 Å². The minimum Gasteiger partial charge on any atom is -0.497 e. The second-order valence-corrected chi connectivity index (χ2v) is 7.71. The molecule has 1 aromatic rings. The van der Waals surface area contributed by atoms with Gasteiger partial charge in [0.15, 0.2) is 0 Å². The molecule has 138 valence electrons. The zero-order chi connectivity index (χ0) is 18.1. The first-order valence-electron chi connectivity index (χ1n) is 8.79. The van der Waals surface area contributed by atoms with Crippen molar-refractivity contribution in [2.24, 2.45) is 0 Å². The van der Waals surface area contributed by atoms with Crippen LogP contribution in [0, 0.1) is 0 Å². The number of hydrogen-bond acceptors (Lipinski definition) is 5. The van der Waals surface area contributed by atoms with Crippen LogP contribution in [0.2, 0.25) is 0 Å². The highest BCUT2D eigenvalue weighted by molar-refractivity contribution is 5.68. The number of benzene rings is 1. The van der Waals surface area contributed by atoms with E-state index in [1.54, 1.807) is 12.0 Å². The van der Waals surface area contributed by atoms with Crippen LogP contribution >= 0.6 is 0 Å². The summed E-state index contributed by atoms with van der Waals surface area (Å²) in [6.07, 6.45) is -0.226. The predicted molar refractivity (Wildman–Crippen MR) is 94.9 cm³/mol. The maximum absolute atomic E-state index is 12.2. The molecule has 2 saturated heterocycles. The average Bonchev–Trinajstić information content (AvgIpc) is 2.53. The third-order valence-electron chi connectivity index (χ3n) is 4.85. The highest BCUT2D eigenvalue weighted by Gasteiger charge is 2.46. The number of carbonyl (C=O) groups is 1. The standard InChI is InChI=1S/C19H28N2O4/c1-18(2,3)25-17(22)20-9-11-21(12-10-20)19(13-24-14-19)15-5-7-16(23-4)8-6-15/h5-8H,9-14H2,1-4H3. The molecule has 0 aliphatic carbocycles. The summed E-state index contributed by atoms with van der Waals surface area (Å²) in [5.41, 5.74) is 0.692. The molecule has 0 saturated carbocycles. The molecule has 2 heterocycles. The van der Waals surface area contributed by atoms with Gasteiger partial charge in [-0.25, -0.2) is 4.79 Å². The van der Waals surface area contributed by atoms with Gasteiger partial charge >= 0.3 is 6.09 Å². The monoisotopic (exact) mass is 348 g/mol. The van der Waals surface area contributed by atoms with Crippen molar-refractivity contribution < 1.29 is 19.0 Å². The van der Waals surface area contributed by atoms with Crippen molar-refractivity contribution in [1.82, 2.24) is 9.80 Å². The van der Waals surface area contributed by atoms with Crippen LogP contribution in [0.5, 0.6) is 5.75 Å². The summed E-state index contributed by atoms with van der Waals surface area (Å²) in [6, 6.07) is 8.21. The largest absolute Gasteiger partial charge is 0.497 e. The number of hydrogen-bond donors (Lipinski definition) is 0. The minimum absolute atomic E-state index is 0.0910. The normalized spacial score (nSPS) is 20.7. The van der Waals surface area contributed by atoms with Gasteiger partial charge in [-0.2, -0.15) is 0 Å². The van der Waals surface area contributed by atoms with E-state index in [2.05, 4.69) is 17.0 Å². The molecule has 6 heteroatoms. The van der Waals surface area contributed by atoms with Crippen LogP contribution in [0.3, 0.4) is 0 Å². The lowest BCUT2D eigenvalue weighted by atomic mass is 9.85. The summed E-state index contributed by atoms with van der Waals surface area (Å²) in [5, 5.41) is 0. The third-order valence-corrected chi connectivity index (χ3v) is 4.85. The number of ether oxygens (including phenoxy) is 3. The van der Waals surface area contributed by atoms with Crippen molar-refractivity contribution in [2.45, 2.75) is 31.9 Å². The van der Waals surface area contributed by atoms with Gasteiger partial charge in [-0.3, -0.25) is 4.90 Å². The molecule has 25 heavy (non-hydrogen) atoms. The van der Waals surface area contributed by atoms with Crippen LogP contribution in [0.25, 0.3) is 0 Å². The fourth-order valence-electron chi connectivity index (χ4n) is 3.37. The molecule has 0 atom stereocenters.